The Kier molecular flexibility index (Phi) is 4.13. The van der Waals surface area contributed by atoms with Gasteiger partial charge >= 0.3 is 0 Å². The van der Waals surface area contributed by atoms with Crippen LogP contribution in [0.25, 0.3) is 0 Å². The summed E-state index contributed by atoms with van der Waals surface area (Å²) in [7, 11) is 0. The number of hydrogen-bond acceptors (Lipinski definition) is 5. The number of anilines is 1. The van der Waals surface area contributed by atoms with E-state index in [1.54, 1.807) is 12.3 Å². The minimum atomic E-state index is -0.274. The lowest BCUT2D eigenvalue weighted by atomic mass is 10.2. The molecule has 1 aliphatic heterocycles. The summed E-state index contributed by atoms with van der Waals surface area (Å²) in [5, 5.41) is 18.1. The molecule has 1 fully saturated rings. The van der Waals surface area contributed by atoms with Crippen LogP contribution < -0.4 is 4.90 Å². The van der Waals surface area contributed by atoms with Crippen LogP contribution in [0.3, 0.4) is 0 Å². The van der Waals surface area contributed by atoms with E-state index in [4.69, 9.17) is 5.26 Å². The van der Waals surface area contributed by atoms with Crippen molar-refractivity contribution in [3.05, 3.63) is 23.9 Å². The van der Waals surface area contributed by atoms with E-state index in [0.29, 0.717) is 5.56 Å². The maximum atomic E-state index is 9.35. The average molecular weight is 246 g/mol. The number of nitrogens with zero attached hydrogens (tertiary/aromatic N) is 4. The number of aromatic nitrogens is 1. The fourth-order valence-electron chi connectivity index (χ4n) is 2.17. The first kappa shape index (κ1) is 12.8. The highest BCUT2D eigenvalue weighted by molar-refractivity contribution is 5.42. The molecule has 0 radical (unpaired) electrons. The van der Waals surface area contributed by atoms with Gasteiger partial charge in [-0.2, -0.15) is 5.26 Å². The summed E-state index contributed by atoms with van der Waals surface area (Å²) in [6.45, 7) is 6.24. The van der Waals surface area contributed by atoms with E-state index in [0.717, 1.165) is 38.5 Å². The fraction of sp³-hybridized carbons (Fsp3) is 0.538. The Balaban J connectivity index is 1.91. The molecule has 96 valence electrons. The molecule has 1 aromatic rings. The largest absolute Gasteiger partial charge is 0.392 e. The van der Waals surface area contributed by atoms with E-state index >= 15 is 0 Å². The average Bonchev–Trinajstić information content (AvgIpc) is 2.39. The van der Waals surface area contributed by atoms with Crippen molar-refractivity contribution in [1.82, 2.24) is 9.88 Å². The Bertz CT molecular complexity index is 416. The third-order valence-corrected chi connectivity index (χ3v) is 3.10. The van der Waals surface area contributed by atoms with Crippen molar-refractivity contribution < 1.29 is 5.11 Å². The molecule has 5 heteroatoms. The summed E-state index contributed by atoms with van der Waals surface area (Å²) in [6.07, 6.45) is 1.34. The van der Waals surface area contributed by atoms with Crippen molar-refractivity contribution >= 4 is 5.82 Å². The van der Waals surface area contributed by atoms with Crippen molar-refractivity contribution in [3.8, 4) is 6.07 Å². The third kappa shape index (κ3) is 3.19. The minimum absolute atomic E-state index is 0.274. The molecule has 0 aliphatic carbocycles. The zero-order valence-electron chi connectivity index (χ0n) is 10.6. The number of rotatable bonds is 3. The summed E-state index contributed by atoms with van der Waals surface area (Å²) in [5.74, 6) is 0.922. The van der Waals surface area contributed by atoms with E-state index < -0.39 is 0 Å². The number of nitriles is 1. The molecule has 2 heterocycles. The summed E-state index contributed by atoms with van der Waals surface area (Å²) in [5.41, 5.74) is 0.589. The Morgan fingerprint density at radius 1 is 1.39 bits per heavy atom. The number of aliphatic hydroxyl groups excluding tert-OH is 1. The Morgan fingerprint density at radius 2 is 2.11 bits per heavy atom. The number of aliphatic hydroxyl groups is 1. The van der Waals surface area contributed by atoms with Gasteiger partial charge in [-0.15, -0.1) is 0 Å². The quantitative estimate of drug-likeness (QED) is 0.839. The first-order valence-electron chi connectivity index (χ1n) is 6.20. The molecule has 5 nitrogen and oxygen atoms in total. The second-order valence-corrected chi connectivity index (χ2v) is 4.65. The second-order valence-electron chi connectivity index (χ2n) is 4.65. The molecule has 0 amide bonds. The van der Waals surface area contributed by atoms with Gasteiger partial charge in [-0.25, -0.2) is 4.98 Å². The Morgan fingerprint density at radius 3 is 2.61 bits per heavy atom. The number of hydrogen-bond donors (Lipinski definition) is 1. The third-order valence-electron chi connectivity index (χ3n) is 3.10. The van der Waals surface area contributed by atoms with Crippen LogP contribution in [0.15, 0.2) is 18.3 Å². The van der Waals surface area contributed by atoms with Gasteiger partial charge in [0.25, 0.3) is 0 Å². The molecule has 1 saturated heterocycles. The Hall–Kier alpha value is -1.64. The molecule has 2 rings (SSSR count). The smallest absolute Gasteiger partial charge is 0.128 e. The molecule has 0 bridgehead atoms. The van der Waals surface area contributed by atoms with Crippen LogP contribution in [0.2, 0.25) is 0 Å². The van der Waals surface area contributed by atoms with E-state index in [-0.39, 0.29) is 6.10 Å². The molecular formula is C13H18N4O. The van der Waals surface area contributed by atoms with Gasteiger partial charge in [0.05, 0.1) is 11.7 Å². The number of piperazine rings is 1. The van der Waals surface area contributed by atoms with E-state index in [1.807, 2.05) is 13.0 Å². The lowest BCUT2D eigenvalue weighted by Crippen LogP contribution is -2.48. The molecule has 1 atom stereocenters. The van der Waals surface area contributed by atoms with E-state index in [1.165, 1.54) is 0 Å². The van der Waals surface area contributed by atoms with Crippen LogP contribution in [0.5, 0.6) is 0 Å². The van der Waals surface area contributed by atoms with Gasteiger partial charge in [-0.05, 0) is 19.1 Å². The monoisotopic (exact) mass is 246 g/mol. The lowest BCUT2D eigenvalue weighted by Gasteiger charge is -2.35. The fourth-order valence-corrected chi connectivity index (χ4v) is 2.17. The van der Waals surface area contributed by atoms with Crippen LogP contribution in [0, 0.1) is 11.3 Å². The maximum absolute atomic E-state index is 9.35. The first-order chi connectivity index (χ1) is 8.69. The number of pyridine rings is 1. The molecule has 0 aromatic carbocycles. The molecule has 0 spiro atoms. The predicted octanol–water partition coefficient (Wildman–Crippen LogP) is 0.456. The van der Waals surface area contributed by atoms with Crippen molar-refractivity contribution in [2.45, 2.75) is 13.0 Å². The van der Waals surface area contributed by atoms with Gasteiger partial charge in [0.2, 0.25) is 0 Å². The van der Waals surface area contributed by atoms with Crippen molar-refractivity contribution in [2.75, 3.05) is 37.6 Å². The van der Waals surface area contributed by atoms with Crippen LogP contribution >= 0.6 is 0 Å². The first-order valence-corrected chi connectivity index (χ1v) is 6.20. The van der Waals surface area contributed by atoms with Crippen molar-refractivity contribution in [1.29, 1.82) is 5.26 Å². The topological polar surface area (TPSA) is 63.4 Å². The molecule has 18 heavy (non-hydrogen) atoms. The molecule has 1 aromatic heterocycles. The molecule has 0 saturated carbocycles. The highest BCUT2D eigenvalue weighted by Crippen LogP contribution is 2.13. The normalized spacial score (nSPS) is 18.4. The highest BCUT2D eigenvalue weighted by Gasteiger charge is 2.18. The van der Waals surface area contributed by atoms with Gasteiger partial charge in [-0.3, -0.25) is 4.90 Å². The van der Waals surface area contributed by atoms with Gasteiger partial charge < -0.3 is 10.0 Å². The predicted molar refractivity (Wildman–Crippen MR) is 69.3 cm³/mol. The van der Waals surface area contributed by atoms with Crippen LogP contribution in [-0.4, -0.2) is 53.8 Å². The SMILES string of the molecule is C[C@@H](O)CN1CCN(c2ccc(C#N)cn2)CC1. The van der Waals surface area contributed by atoms with Crippen molar-refractivity contribution in [3.63, 3.8) is 0 Å². The summed E-state index contributed by atoms with van der Waals surface area (Å²) >= 11 is 0. The Labute approximate surface area is 107 Å². The van der Waals surface area contributed by atoms with Crippen LogP contribution in [-0.2, 0) is 0 Å². The van der Waals surface area contributed by atoms with E-state index in [9.17, 15) is 5.11 Å². The number of β-amino-alcohol motifs (C(OH)–C–C–N with tert-alkyl or cyclic N) is 1. The zero-order chi connectivity index (χ0) is 13.0. The van der Waals surface area contributed by atoms with Gasteiger partial charge in [0.15, 0.2) is 0 Å². The standard InChI is InChI=1S/C13H18N4O/c1-11(18)10-16-4-6-17(7-5-16)13-3-2-12(8-14)9-15-13/h2-3,9,11,18H,4-7,10H2,1H3/t11-/m1/s1. The molecule has 0 unspecified atom stereocenters. The van der Waals surface area contributed by atoms with E-state index in [2.05, 4.69) is 20.9 Å². The van der Waals surface area contributed by atoms with Gasteiger partial charge in [-0.1, -0.05) is 0 Å². The highest BCUT2D eigenvalue weighted by atomic mass is 16.3. The minimum Gasteiger partial charge on any atom is -0.392 e. The van der Waals surface area contributed by atoms with Crippen LogP contribution in [0.1, 0.15) is 12.5 Å². The van der Waals surface area contributed by atoms with Crippen molar-refractivity contribution in [2.24, 2.45) is 0 Å². The lowest BCUT2D eigenvalue weighted by molar-refractivity contribution is 0.122. The molecule has 1 aliphatic rings. The molecule has 1 N–H and O–H groups in total. The maximum Gasteiger partial charge on any atom is 0.128 e. The van der Waals surface area contributed by atoms with Gasteiger partial charge in [0.1, 0.15) is 11.9 Å². The summed E-state index contributed by atoms with van der Waals surface area (Å²) in [4.78, 5) is 8.76. The van der Waals surface area contributed by atoms with Crippen LogP contribution in [0.4, 0.5) is 5.82 Å². The molecular weight excluding hydrogens is 228 g/mol. The summed E-state index contributed by atoms with van der Waals surface area (Å²) < 4.78 is 0. The summed E-state index contributed by atoms with van der Waals surface area (Å²) in [6, 6.07) is 5.76. The zero-order valence-corrected chi connectivity index (χ0v) is 10.6. The second kappa shape index (κ2) is 5.80. The van der Waals surface area contributed by atoms with Gasteiger partial charge in [0, 0.05) is 38.9 Å².